The van der Waals surface area contributed by atoms with Gasteiger partial charge in [0.05, 0.1) is 34.3 Å². The largest absolute Gasteiger partial charge is 0.508 e. The van der Waals surface area contributed by atoms with Gasteiger partial charge in [-0.15, -0.1) is 0 Å². The van der Waals surface area contributed by atoms with Gasteiger partial charge in [0, 0.05) is 18.7 Å². The lowest BCUT2D eigenvalue weighted by atomic mass is 10.1. The molecular weight excluding hydrogens is 240 g/mol. The molecule has 0 bridgehead atoms. The van der Waals surface area contributed by atoms with Crippen LogP contribution in [-0.2, 0) is 11.2 Å². The second-order valence-corrected chi connectivity index (χ2v) is 5.97. The molecule has 19 heavy (non-hydrogen) atoms. The number of nitrogens with two attached hydrogens (primary N) is 1. The molecule has 0 heterocycles. The number of nitrogens with zero attached hydrogens (tertiary/aromatic N) is 1. The lowest BCUT2D eigenvalue weighted by Gasteiger charge is -2.23. The molecule has 0 fully saturated rings. The van der Waals surface area contributed by atoms with Gasteiger partial charge < -0.3 is 20.1 Å². The number of aromatic hydroxyl groups is 1. The Labute approximate surface area is 116 Å². The number of anilines is 1. The lowest BCUT2D eigenvalue weighted by molar-refractivity contribution is -0.870. The first-order valence-electron chi connectivity index (χ1n) is 6.84. The van der Waals surface area contributed by atoms with Crippen LogP contribution >= 0.6 is 0 Å². The highest BCUT2D eigenvalue weighted by Gasteiger charge is 2.05. The van der Waals surface area contributed by atoms with Crippen molar-refractivity contribution in [2.24, 2.45) is 0 Å². The monoisotopic (exact) mass is 267 g/mol. The normalized spacial score (nSPS) is 11.7. The summed E-state index contributed by atoms with van der Waals surface area (Å²) in [5.74, 6) is 0.271. The van der Waals surface area contributed by atoms with Crippen molar-refractivity contribution in [2.75, 3.05) is 46.6 Å². The number of phenols is 1. The van der Waals surface area contributed by atoms with E-state index in [1.165, 1.54) is 0 Å². The third-order valence-electron chi connectivity index (χ3n) is 2.98. The van der Waals surface area contributed by atoms with Crippen LogP contribution in [0.2, 0.25) is 0 Å². The van der Waals surface area contributed by atoms with Gasteiger partial charge in [0.2, 0.25) is 0 Å². The molecule has 0 spiro atoms. The lowest BCUT2D eigenvalue weighted by Crippen LogP contribution is -2.35. The summed E-state index contributed by atoms with van der Waals surface area (Å²) in [5.41, 5.74) is 7.58. The van der Waals surface area contributed by atoms with Crippen molar-refractivity contribution in [1.82, 2.24) is 0 Å². The highest BCUT2D eigenvalue weighted by molar-refractivity contribution is 5.50. The molecule has 4 nitrogen and oxygen atoms in total. The Morgan fingerprint density at radius 1 is 1.16 bits per heavy atom. The van der Waals surface area contributed by atoms with Crippen LogP contribution < -0.4 is 5.73 Å². The highest BCUT2D eigenvalue weighted by Crippen LogP contribution is 2.19. The average molecular weight is 267 g/mol. The van der Waals surface area contributed by atoms with Crippen molar-refractivity contribution in [3.8, 4) is 5.75 Å². The zero-order valence-electron chi connectivity index (χ0n) is 12.4. The maximum absolute atomic E-state index is 9.40. The molecule has 1 aromatic carbocycles. The molecule has 0 aliphatic carbocycles. The number of nitrogen functional groups attached to an aromatic ring is 1. The fourth-order valence-electron chi connectivity index (χ4n) is 1.92. The maximum atomic E-state index is 9.40. The maximum Gasteiger partial charge on any atom is 0.116 e. The first-order chi connectivity index (χ1) is 8.88. The van der Waals surface area contributed by atoms with E-state index in [2.05, 4.69) is 21.1 Å². The molecule has 0 aliphatic rings. The number of quaternary nitrogens is 1. The summed E-state index contributed by atoms with van der Waals surface area (Å²) < 4.78 is 6.58. The van der Waals surface area contributed by atoms with E-state index in [1.54, 1.807) is 18.2 Å². The fraction of sp³-hybridized carbons (Fsp3) is 0.600. The predicted octanol–water partition coefficient (Wildman–Crippen LogP) is 2.02. The smallest absolute Gasteiger partial charge is 0.116 e. The number of phenolic OH excluding ortho intramolecular Hbond substituents is 1. The molecule has 1 rings (SSSR count). The van der Waals surface area contributed by atoms with E-state index < -0.39 is 0 Å². The summed E-state index contributed by atoms with van der Waals surface area (Å²) in [6.07, 6.45) is 2.85. The van der Waals surface area contributed by atoms with Crippen LogP contribution in [0.1, 0.15) is 18.4 Å². The van der Waals surface area contributed by atoms with Gasteiger partial charge in [-0.05, 0) is 36.6 Å². The Bertz CT molecular complexity index is 386. The van der Waals surface area contributed by atoms with Crippen LogP contribution in [0.3, 0.4) is 0 Å². The van der Waals surface area contributed by atoms with E-state index in [0.717, 1.165) is 54.8 Å². The van der Waals surface area contributed by atoms with Crippen LogP contribution in [0, 0.1) is 0 Å². The number of aryl methyl sites for hydroxylation is 1. The van der Waals surface area contributed by atoms with E-state index in [0.29, 0.717) is 0 Å². The van der Waals surface area contributed by atoms with Crippen LogP contribution in [0.5, 0.6) is 5.75 Å². The van der Waals surface area contributed by atoms with E-state index in [1.807, 2.05) is 0 Å². The summed E-state index contributed by atoms with van der Waals surface area (Å²) in [5, 5.41) is 9.40. The molecule has 0 saturated heterocycles. The molecular formula is C15H27N2O2+. The predicted molar refractivity (Wildman–Crippen MR) is 79.2 cm³/mol. The molecule has 0 unspecified atom stereocenters. The Morgan fingerprint density at radius 3 is 2.53 bits per heavy atom. The van der Waals surface area contributed by atoms with Crippen LogP contribution in [0.4, 0.5) is 5.69 Å². The van der Waals surface area contributed by atoms with E-state index in [9.17, 15) is 5.11 Å². The number of hydrogen-bond acceptors (Lipinski definition) is 3. The first kappa shape index (κ1) is 15.8. The van der Waals surface area contributed by atoms with Crippen molar-refractivity contribution in [3.05, 3.63) is 23.8 Å². The fourth-order valence-corrected chi connectivity index (χ4v) is 1.92. The molecule has 0 atom stereocenters. The van der Waals surface area contributed by atoms with E-state index in [4.69, 9.17) is 10.5 Å². The Morgan fingerprint density at radius 2 is 1.84 bits per heavy atom. The number of rotatable bonds is 8. The minimum atomic E-state index is 0.271. The van der Waals surface area contributed by atoms with Gasteiger partial charge in [0.15, 0.2) is 0 Å². The summed E-state index contributed by atoms with van der Waals surface area (Å²) in [4.78, 5) is 0. The van der Waals surface area contributed by atoms with Gasteiger partial charge in [-0.3, -0.25) is 0 Å². The number of hydrogen-bond donors (Lipinski definition) is 2. The van der Waals surface area contributed by atoms with E-state index in [-0.39, 0.29) is 5.75 Å². The molecule has 108 valence electrons. The molecule has 0 amide bonds. The van der Waals surface area contributed by atoms with Crippen molar-refractivity contribution >= 4 is 5.69 Å². The summed E-state index contributed by atoms with van der Waals surface area (Å²) >= 11 is 0. The van der Waals surface area contributed by atoms with Crippen molar-refractivity contribution < 1.29 is 14.3 Å². The quantitative estimate of drug-likeness (QED) is 0.328. The van der Waals surface area contributed by atoms with E-state index >= 15 is 0 Å². The van der Waals surface area contributed by atoms with Crippen LogP contribution in [-0.4, -0.2) is 50.5 Å². The highest BCUT2D eigenvalue weighted by atomic mass is 16.5. The van der Waals surface area contributed by atoms with Gasteiger partial charge in [-0.2, -0.15) is 0 Å². The Hall–Kier alpha value is -1.26. The van der Waals surface area contributed by atoms with Crippen molar-refractivity contribution in [3.63, 3.8) is 0 Å². The third-order valence-corrected chi connectivity index (χ3v) is 2.98. The minimum absolute atomic E-state index is 0.271. The van der Waals surface area contributed by atoms with Gasteiger partial charge in [-0.25, -0.2) is 0 Å². The summed E-state index contributed by atoms with van der Waals surface area (Å²) in [6, 6.07) is 5.08. The van der Waals surface area contributed by atoms with Crippen molar-refractivity contribution in [1.29, 1.82) is 0 Å². The zero-order valence-corrected chi connectivity index (χ0v) is 12.4. The second kappa shape index (κ2) is 7.36. The molecule has 3 N–H and O–H groups in total. The van der Waals surface area contributed by atoms with Crippen LogP contribution in [0.25, 0.3) is 0 Å². The molecule has 0 aromatic heterocycles. The topological polar surface area (TPSA) is 55.5 Å². The average Bonchev–Trinajstić information content (AvgIpc) is 2.31. The molecule has 4 heteroatoms. The molecule has 1 aromatic rings. The molecule has 0 radical (unpaired) electrons. The van der Waals surface area contributed by atoms with Gasteiger partial charge in [0.25, 0.3) is 0 Å². The number of ether oxygens (including phenoxy) is 1. The summed E-state index contributed by atoms with van der Waals surface area (Å²) in [6.45, 7) is 2.68. The minimum Gasteiger partial charge on any atom is -0.508 e. The Balaban J connectivity index is 2.12. The van der Waals surface area contributed by atoms with Gasteiger partial charge in [0.1, 0.15) is 5.75 Å². The Kier molecular flexibility index (Phi) is 6.12. The van der Waals surface area contributed by atoms with Gasteiger partial charge >= 0.3 is 0 Å². The SMILES string of the molecule is C[N+](C)(C)CCCOCCCc1cc(O)ccc1N. The molecule has 0 saturated carbocycles. The summed E-state index contributed by atoms with van der Waals surface area (Å²) in [7, 11) is 6.56. The second-order valence-electron chi connectivity index (χ2n) is 5.97. The van der Waals surface area contributed by atoms with Crippen molar-refractivity contribution in [2.45, 2.75) is 19.3 Å². The molecule has 0 aliphatic heterocycles. The van der Waals surface area contributed by atoms with Gasteiger partial charge in [-0.1, -0.05) is 0 Å². The standard InChI is InChI=1S/C15H26N2O2/c1-17(2,3)9-5-11-19-10-4-6-13-12-14(18)7-8-15(13)16/h7-8,12H,4-6,9-11,16H2,1-3H3/p+1. The third kappa shape index (κ3) is 7.03. The number of benzene rings is 1. The zero-order chi connectivity index (χ0) is 14.3. The van der Waals surface area contributed by atoms with Crippen LogP contribution in [0.15, 0.2) is 18.2 Å². The first-order valence-corrected chi connectivity index (χ1v) is 6.84.